The molecule has 0 saturated carbocycles. The largest absolute Gasteiger partial charge is 0.508 e. The van der Waals surface area contributed by atoms with Gasteiger partial charge in [-0.15, -0.1) is 11.8 Å². The fourth-order valence-electron chi connectivity index (χ4n) is 16.4. The van der Waals surface area contributed by atoms with Crippen LogP contribution >= 0.6 is 11.8 Å². The second-order valence-electron chi connectivity index (χ2n) is 33.7. The molecular formula is C92H116F3N17O20S. The number of aliphatic carboxylic acids is 2. The maximum absolute atomic E-state index is 15.7. The molecule has 3 aliphatic rings. The average molecular weight is 1870 g/mol. The lowest BCUT2D eigenvalue weighted by molar-refractivity contribution is -0.152. The van der Waals surface area contributed by atoms with Gasteiger partial charge in [-0.05, 0) is 122 Å². The van der Waals surface area contributed by atoms with Crippen LogP contribution in [0.2, 0.25) is 0 Å². The van der Waals surface area contributed by atoms with Gasteiger partial charge in [0, 0.05) is 89.2 Å². The molecule has 0 radical (unpaired) electrons. The van der Waals surface area contributed by atoms with Crippen molar-refractivity contribution in [2.75, 3.05) is 58.8 Å². The summed E-state index contributed by atoms with van der Waals surface area (Å²) in [5, 5.41) is 54.9. The van der Waals surface area contributed by atoms with Gasteiger partial charge in [0.05, 0.1) is 25.1 Å². The van der Waals surface area contributed by atoms with Gasteiger partial charge in [0.15, 0.2) is 17.5 Å². The number of carbonyl (C=O) groups excluding carboxylic acids is 15. The molecule has 0 aliphatic carbocycles. The topological polar surface area (TPSA) is 543 Å². The molecule has 13 atom stereocenters. The van der Waals surface area contributed by atoms with Crippen LogP contribution in [-0.4, -0.2) is 283 Å². The molecular weight excluding hydrogens is 1750 g/mol. The Morgan fingerprint density at radius 2 is 1.01 bits per heavy atom. The Bertz CT molecular complexity index is 5170. The molecule has 37 nitrogen and oxygen atoms in total. The number of aromatic nitrogens is 1. The highest BCUT2D eigenvalue weighted by atomic mass is 32.2. The summed E-state index contributed by atoms with van der Waals surface area (Å²) in [5.41, 5.74) is 13.3. The predicted octanol–water partition coefficient (Wildman–Crippen LogP) is 1.42. The molecule has 133 heavy (non-hydrogen) atoms. The van der Waals surface area contributed by atoms with Gasteiger partial charge < -0.3 is 104 Å². The molecule has 3 fully saturated rings. The molecule has 716 valence electrons. The first-order valence-corrected chi connectivity index (χ1v) is 45.2. The molecule has 0 spiro atoms. The molecule has 6 aromatic rings. The van der Waals surface area contributed by atoms with Crippen molar-refractivity contribution in [3.63, 3.8) is 0 Å². The Hall–Kier alpha value is -13.5. The smallest absolute Gasteiger partial charge is 0.305 e. The number of hydrogen-bond acceptors (Lipinski definition) is 20. The molecule has 0 unspecified atom stereocenters. The third-order valence-electron chi connectivity index (χ3n) is 23.6. The van der Waals surface area contributed by atoms with Gasteiger partial charge in [0.1, 0.15) is 84.3 Å². The molecule has 15 amide bonds. The zero-order valence-corrected chi connectivity index (χ0v) is 75.5. The Balaban J connectivity index is 1.13. The molecule has 9 rings (SSSR count). The fourth-order valence-corrected chi connectivity index (χ4v) is 17.2. The Morgan fingerprint density at radius 1 is 0.504 bits per heavy atom. The van der Waals surface area contributed by atoms with Crippen LogP contribution in [-0.2, 0) is 114 Å². The van der Waals surface area contributed by atoms with Gasteiger partial charge in [0.25, 0.3) is 0 Å². The number of fused-ring (bicyclic) bond motifs is 3. The van der Waals surface area contributed by atoms with E-state index in [-0.39, 0.29) is 114 Å². The number of carboxylic acid groups (broad SMARTS) is 2. The fraction of sp³-hybridized carbons (Fsp3) is 0.467. The van der Waals surface area contributed by atoms with Crippen LogP contribution in [0.25, 0.3) is 10.9 Å². The van der Waals surface area contributed by atoms with Crippen molar-refractivity contribution in [3.8, 4) is 5.75 Å². The number of aromatic amines is 1. The van der Waals surface area contributed by atoms with Crippen LogP contribution in [0, 0.1) is 23.4 Å². The highest BCUT2D eigenvalue weighted by Gasteiger charge is 2.47. The minimum Gasteiger partial charge on any atom is -0.508 e. The zero-order chi connectivity index (χ0) is 97.0. The van der Waals surface area contributed by atoms with Crippen LogP contribution in [0.1, 0.15) is 126 Å². The number of likely N-dealkylation sites (N-methyl/N-ethyl adjacent to an activating group) is 3. The Morgan fingerprint density at radius 3 is 1.59 bits per heavy atom. The number of phenolic OH excluding ortho intramolecular Hbond substituents is 1. The minimum atomic E-state index is -1.98. The van der Waals surface area contributed by atoms with E-state index in [0.717, 1.165) is 24.5 Å². The summed E-state index contributed by atoms with van der Waals surface area (Å²) < 4.78 is 45.1. The Kier molecular flexibility index (Phi) is 38.2. The van der Waals surface area contributed by atoms with E-state index in [4.69, 9.17) is 11.5 Å². The number of halogens is 3. The van der Waals surface area contributed by atoms with Crippen molar-refractivity contribution in [1.82, 2.24) is 77.3 Å². The number of primary amides is 1. The standard InChI is InChI=1S/C92H116F3N17O20S/c1-7-8-28-71-91(131)112-37-20-30-70(112)86(126)104-65(45-76(116)117)84(124)107-79(51(2)3)92(132)109(5)72(42-52-21-11-9-12-22-52)87(127)105-67(46-77(118)119)89(129)111-36-19-29-69(111)85(125)103-64(44-56-47-98-61-26-16-15-25-58(56)61)83(123)102-63(40-54-31-33-57(113)34-32-54)82(122)101-62(27-17-18-35-96)81(121)106-68(80(120)99-48-74(97)114)49-133-50-75(115)100-66(41-55-38-59(93)78(95)60(94)39-55)88(128)110(6)73(90(130)108(71)4)43-53-23-13-10-14-24-53/h9-16,21-26,31-34,38-39,47,51,62-73,79,98,113H,7-8,17-20,27-30,35-37,40-46,48-50,96H2,1-6H3,(H2,97,114)(H,99,120)(H,100,115)(H,101,122)(H,102,123)(H,103,125)(H,104,126)(H,105,127)(H,106,121)(H,107,124)(H,116,117)(H,118,119)/t62-,63-,64-,65-,66-,67-,68-,69+,70+,71-,72+,73-,79-/m0/s1. The second kappa shape index (κ2) is 49.1. The molecule has 3 saturated heterocycles. The summed E-state index contributed by atoms with van der Waals surface area (Å²) >= 11 is 0.656. The third kappa shape index (κ3) is 28.8. The number of benzene rings is 5. The number of hydrogen-bond donors (Lipinski definition) is 15. The monoisotopic (exact) mass is 1870 g/mol. The molecule has 4 heterocycles. The van der Waals surface area contributed by atoms with Crippen molar-refractivity contribution in [3.05, 3.63) is 173 Å². The SMILES string of the molecule is CCCC[C@H]1C(=O)N2CCC[C@@H]2C(=O)N[C@@H](CC(=O)O)C(=O)N[C@@H](C(C)C)C(=O)N(C)[C@H](Cc2ccccc2)C(=O)N[C@@H](CC(=O)O)C(=O)N2CCC[C@@H]2C(=O)N[C@@H](Cc2c[nH]c3ccccc23)C(=O)N[C@@H](Cc2ccc(O)cc2)C(=O)N[C@@H](CCCCN)C(=O)N[C@H](C(=O)NCC(N)=O)CSCC(=O)N[C@@H](Cc2cc(F)c(F)c(F)c2)C(=O)N(C)[C@@H](Cc2ccccc2)C(=O)N1C. The Labute approximate surface area is 770 Å². The number of carboxylic acids is 2. The first kappa shape index (κ1) is 103. The van der Waals surface area contributed by atoms with E-state index in [2.05, 4.69) is 52.8 Å². The number of nitrogens with zero attached hydrogens (tertiary/aromatic N) is 5. The van der Waals surface area contributed by atoms with E-state index >= 15 is 56.7 Å². The number of H-pyrrole nitrogens is 1. The van der Waals surface area contributed by atoms with Crippen LogP contribution in [0.4, 0.5) is 13.2 Å². The number of phenols is 1. The number of para-hydroxylation sites is 1. The summed E-state index contributed by atoms with van der Waals surface area (Å²) in [6, 6.07) is 8.09. The molecule has 17 N–H and O–H groups in total. The lowest BCUT2D eigenvalue weighted by atomic mass is 9.98. The normalized spacial score (nSPS) is 23.5. The van der Waals surface area contributed by atoms with E-state index in [1.165, 1.54) is 59.3 Å². The van der Waals surface area contributed by atoms with Crippen LogP contribution in [0.15, 0.2) is 128 Å². The van der Waals surface area contributed by atoms with Gasteiger partial charge in [-0.25, -0.2) is 13.2 Å². The highest BCUT2D eigenvalue weighted by molar-refractivity contribution is 8.00. The van der Waals surface area contributed by atoms with Crippen LogP contribution in [0.5, 0.6) is 5.75 Å². The lowest BCUT2D eigenvalue weighted by Gasteiger charge is -2.38. The van der Waals surface area contributed by atoms with E-state index in [1.807, 2.05) is 0 Å². The number of rotatable bonds is 25. The van der Waals surface area contributed by atoms with Gasteiger partial charge in [-0.1, -0.05) is 125 Å². The van der Waals surface area contributed by atoms with Gasteiger partial charge in [0.2, 0.25) is 88.6 Å². The van der Waals surface area contributed by atoms with E-state index in [0.29, 0.717) is 63.5 Å². The van der Waals surface area contributed by atoms with Gasteiger partial charge in [-0.3, -0.25) is 81.5 Å². The number of carbonyl (C=O) groups is 17. The van der Waals surface area contributed by atoms with Crippen molar-refractivity contribution in [2.45, 2.75) is 208 Å². The summed E-state index contributed by atoms with van der Waals surface area (Å²) in [6.07, 6.45) is -1.73. The first-order valence-electron chi connectivity index (χ1n) is 44.0. The minimum absolute atomic E-state index is 0.0598. The van der Waals surface area contributed by atoms with E-state index in [1.54, 1.807) is 98.0 Å². The molecule has 5 aromatic carbocycles. The number of amides is 15. The summed E-state index contributed by atoms with van der Waals surface area (Å²) in [5.74, 6) is -26.1. The highest BCUT2D eigenvalue weighted by Crippen LogP contribution is 2.29. The van der Waals surface area contributed by atoms with Crippen molar-refractivity contribution < 1.29 is 110 Å². The average Bonchev–Trinajstić information content (AvgIpc) is 1.69. The maximum atomic E-state index is 15.7. The molecule has 1 aromatic heterocycles. The van der Waals surface area contributed by atoms with Crippen molar-refractivity contribution >= 4 is 123 Å². The number of thioether (sulfide) groups is 1. The summed E-state index contributed by atoms with van der Waals surface area (Å²) in [4.78, 5) is 258. The number of nitrogens with two attached hydrogens (primary N) is 2. The molecule has 3 aliphatic heterocycles. The second-order valence-corrected chi connectivity index (χ2v) is 34.7. The molecule has 41 heteroatoms. The zero-order valence-electron chi connectivity index (χ0n) is 74.7. The van der Waals surface area contributed by atoms with Crippen molar-refractivity contribution in [1.29, 1.82) is 0 Å². The maximum Gasteiger partial charge on any atom is 0.305 e. The number of unbranched alkanes of at least 4 members (excludes halogenated alkanes) is 2. The van der Waals surface area contributed by atoms with E-state index in [9.17, 15) is 53.3 Å². The lowest BCUT2D eigenvalue weighted by Crippen LogP contribution is -2.62. The van der Waals surface area contributed by atoms with Gasteiger partial charge in [-0.2, -0.15) is 0 Å². The predicted molar refractivity (Wildman–Crippen MR) is 480 cm³/mol. The summed E-state index contributed by atoms with van der Waals surface area (Å²) in [6.45, 7) is 3.80. The van der Waals surface area contributed by atoms with E-state index < -0.39 is 240 Å². The van der Waals surface area contributed by atoms with Crippen molar-refractivity contribution in [2.24, 2.45) is 17.4 Å². The first-order chi connectivity index (χ1) is 63.4. The van der Waals surface area contributed by atoms with Crippen LogP contribution < -0.4 is 59.3 Å². The van der Waals surface area contributed by atoms with Crippen LogP contribution in [0.3, 0.4) is 0 Å². The summed E-state index contributed by atoms with van der Waals surface area (Å²) in [7, 11) is 3.66. The quantitative estimate of drug-likeness (QED) is 0.0285. The van der Waals surface area contributed by atoms with Gasteiger partial charge >= 0.3 is 11.9 Å². The number of nitrogens with one attached hydrogen (secondary N) is 10. The molecule has 0 bridgehead atoms. The number of aromatic hydroxyl groups is 1. The third-order valence-corrected chi connectivity index (χ3v) is 24.7.